The molecule has 0 aliphatic carbocycles. The van der Waals surface area contributed by atoms with Gasteiger partial charge >= 0.3 is 5.97 Å². The van der Waals surface area contributed by atoms with Crippen molar-refractivity contribution in [3.8, 4) is 0 Å². The number of esters is 1. The van der Waals surface area contributed by atoms with Crippen LogP contribution >= 0.6 is 0 Å². The minimum atomic E-state index is -3.86. The highest BCUT2D eigenvalue weighted by Crippen LogP contribution is 2.20. The fraction of sp³-hybridized carbons (Fsp3) is 0.385. The van der Waals surface area contributed by atoms with Crippen LogP contribution in [-0.4, -0.2) is 33.4 Å². The number of amides is 1. The molecule has 0 saturated heterocycles. The lowest BCUT2D eigenvalue weighted by Gasteiger charge is -2.11. The van der Waals surface area contributed by atoms with Gasteiger partial charge in [0.2, 0.25) is 15.9 Å². The van der Waals surface area contributed by atoms with E-state index in [1.54, 1.807) is 26.0 Å². The SMILES string of the molecule is CCOC(=O)CNS(=O)(=O)c1cc(NC(C)=O)ccc1C. The average Bonchev–Trinajstić information content (AvgIpc) is 2.38. The van der Waals surface area contributed by atoms with E-state index in [1.165, 1.54) is 13.0 Å². The number of hydrogen-bond acceptors (Lipinski definition) is 5. The molecular formula is C13H18N2O5S. The first-order valence-corrected chi connectivity index (χ1v) is 7.78. The highest BCUT2D eigenvalue weighted by Gasteiger charge is 2.19. The van der Waals surface area contributed by atoms with Crippen molar-refractivity contribution in [2.24, 2.45) is 0 Å². The van der Waals surface area contributed by atoms with Crippen LogP contribution in [-0.2, 0) is 24.3 Å². The fourth-order valence-electron chi connectivity index (χ4n) is 1.61. The molecule has 0 saturated carbocycles. The number of sulfonamides is 1. The van der Waals surface area contributed by atoms with Crippen LogP contribution in [0.5, 0.6) is 0 Å². The van der Waals surface area contributed by atoms with E-state index < -0.39 is 22.5 Å². The van der Waals surface area contributed by atoms with Gasteiger partial charge in [0.05, 0.1) is 11.5 Å². The average molecular weight is 314 g/mol. The van der Waals surface area contributed by atoms with Crippen molar-refractivity contribution in [2.45, 2.75) is 25.7 Å². The molecule has 0 heterocycles. The van der Waals surface area contributed by atoms with Crippen molar-refractivity contribution in [2.75, 3.05) is 18.5 Å². The third-order valence-electron chi connectivity index (χ3n) is 2.51. The van der Waals surface area contributed by atoms with Gasteiger partial charge in [0, 0.05) is 12.6 Å². The van der Waals surface area contributed by atoms with Crippen molar-refractivity contribution in [3.63, 3.8) is 0 Å². The van der Waals surface area contributed by atoms with Crippen molar-refractivity contribution < 1.29 is 22.7 Å². The van der Waals surface area contributed by atoms with E-state index in [0.717, 1.165) is 0 Å². The van der Waals surface area contributed by atoms with Crippen molar-refractivity contribution >= 4 is 27.6 Å². The van der Waals surface area contributed by atoms with Gasteiger partial charge in [-0.25, -0.2) is 8.42 Å². The molecular weight excluding hydrogens is 296 g/mol. The Morgan fingerprint density at radius 1 is 1.29 bits per heavy atom. The van der Waals surface area contributed by atoms with Gasteiger partial charge in [-0.05, 0) is 31.5 Å². The lowest BCUT2D eigenvalue weighted by molar-refractivity contribution is -0.141. The summed E-state index contributed by atoms with van der Waals surface area (Å²) in [6.07, 6.45) is 0. The van der Waals surface area contributed by atoms with Crippen molar-refractivity contribution in [1.82, 2.24) is 4.72 Å². The summed E-state index contributed by atoms with van der Waals surface area (Å²) in [5, 5.41) is 2.51. The maximum absolute atomic E-state index is 12.2. The van der Waals surface area contributed by atoms with Gasteiger partial charge in [-0.1, -0.05) is 6.07 Å². The molecule has 0 aromatic heterocycles. The van der Waals surface area contributed by atoms with Gasteiger partial charge in [-0.3, -0.25) is 9.59 Å². The molecule has 0 fully saturated rings. The number of carbonyl (C=O) groups is 2. The van der Waals surface area contributed by atoms with Gasteiger partial charge < -0.3 is 10.1 Å². The second-order valence-electron chi connectivity index (χ2n) is 4.29. The summed E-state index contributed by atoms with van der Waals surface area (Å²) < 4.78 is 31.2. The van der Waals surface area contributed by atoms with Gasteiger partial charge in [-0.15, -0.1) is 0 Å². The molecule has 0 aliphatic rings. The van der Waals surface area contributed by atoms with E-state index in [0.29, 0.717) is 11.3 Å². The molecule has 0 radical (unpaired) electrons. The number of aryl methyl sites for hydroxylation is 1. The van der Waals surface area contributed by atoms with Crippen LogP contribution in [0.15, 0.2) is 23.1 Å². The first-order chi connectivity index (χ1) is 9.76. The fourth-order valence-corrected chi connectivity index (χ4v) is 2.85. The number of carbonyl (C=O) groups excluding carboxylic acids is 2. The van der Waals surface area contributed by atoms with Gasteiger partial charge in [0.25, 0.3) is 0 Å². The molecule has 0 aliphatic heterocycles. The summed E-state index contributed by atoms with van der Waals surface area (Å²) in [6.45, 7) is 4.31. The van der Waals surface area contributed by atoms with Gasteiger partial charge in [0.1, 0.15) is 6.54 Å². The van der Waals surface area contributed by atoms with Crippen LogP contribution in [0.1, 0.15) is 19.4 Å². The summed E-state index contributed by atoms with van der Waals surface area (Å²) in [5.74, 6) is -0.960. The highest BCUT2D eigenvalue weighted by atomic mass is 32.2. The zero-order valence-electron chi connectivity index (χ0n) is 12.1. The Morgan fingerprint density at radius 3 is 2.52 bits per heavy atom. The predicted molar refractivity (Wildman–Crippen MR) is 77.3 cm³/mol. The van der Waals surface area contributed by atoms with E-state index in [-0.39, 0.29) is 17.4 Å². The van der Waals surface area contributed by atoms with Gasteiger partial charge in [-0.2, -0.15) is 4.72 Å². The predicted octanol–water partition coefficient (Wildman–Crippen LogP) is 0.795. The molecule has 1 aromatic carbocycles. The van der Waals surface area contributed by atoms with Crippen molar-refractivity contribution in [3.05, 3.63) is 23.8 Å². The highest BCUT2D eigenvalue weighted by molar-refractivity contribution is 7.89. The van der Waals surface area contributed by atoms with Crippen molar-refractivity contribution in [1.29, 1.82) is 0 Å². The minimum absolute atomic E-state index is 0.00181. The zero-order valence-corrected chi connectivity index (χ0v) is 12.9. The van der Waals surface area contributed by atoms with Crippen LogP contribution in [0.2, 0.25) is 0 Å². The van der Waals surface area contributed by atoms with Crippen LogP contribution in [0.4, 0.5) is 5.69 Å². The van der Waals surface area contributed by atoms with E-state index in [1.807, 2.05) is 0 Å². The van der Waals surface area contributed by atoms with Gasteiger partial charge in [0.15, 0.2) is 0 Å². The number of benzene rings is 1. The first kappa shape index (κ1) is 17.1. The summed E-state index contributed by atoms with van der Waals surface area (Å²) in [4.78, 5) is 22.2. The topological polar surface area (TPSA) is 102 Å². The van der Waals surface area contributed by atoms with Crippen LogP contribution in [0, 0.1) is 6.92 Å². The quantitative estimate of drug-likeness (QED) is 0.756. The number of rotatable bonds is 6. The van der Waals surface area contributed by atoms with Crippen LogP contribution < -0.4 is 10.0 Å². The first-order valence-electron chi connectivity index (χ1n) is 6.29. The second kappa shape index (κ2) is 7.19. The molecule has 0 unspecified atom stereocenters. The van der Waals surface area contributed by atoms with E-state index >= 15 is 0 Å². The molecule has 8 heteroatoms. The van der Waals surface area contributed by atoms with Crippen LogP contribution in [0.25, 0.3) is 0 Å². The van der Waals surface area contributed by atoms with Crippen LogP contribution in [0.3, 0.4) is 0 Å². The standard InChI is InChI=1S/C13H18N2O5S/c1-4-20-13(17)8-14-21(18,19)12-7-11(15-10(3)16)6-5-9(12)2/h5-7,14H,4,8H2,1-3H3,(H,15,16). The normalized spacial score (nSPS) is 11.0. The Morgan fingerprint density at radius 2 is 1.95 bits per heavy atom. The number of ether oxygens (including phenoxy) is 1. The Balaban J connectivity index is 2.96. The summed E-state index contributed by atoms with van der Waals surface area (Å²) in [5.41, 5.74) is 0.866. The molecule has 0 spiro atoms. The third-order valence-corrected chi connectivity index (χ3v) is 4.05. The summed E-state index contributed by atoms with van der Waals surface area (Å²) in [7, 11) is -3.86. The second-order valence-corrected chi connectivity index (χ2v) is 6.03. The summed E-state index contributed by atoms with van der Waals surface area (Å²) in [6, 6.07) is 4.51. The molecule has 7 nitrogen and oxygen atoms in total. The number of anilines is 1. The van der Waals surface area contributed by atoms with E-state index in [4.69, 9.17) is 0 Å². The monoisotopic (exact) mass is 314 g/mol. The largest absolute Gasteiger partial charge is 0.465 e. The molecule has 116 valence electrons. The Bertz CT molecular complexity index is 640. The third kappa shape index (κ3) is 5.16. The Kier molecular flexibility index (Phi) is 5.86. The number of hydrogen-bond donors (Lipinski definition) is 2. The molecule has 0 bridgehead atoms. The molecule has 2 N–H and O–H groups in total. The Hall–Kier alpha value is -1.93. The lowest BCUT2D eigenvalue weighted by Crippen LogP contribution is -2.31. The molecule has 1 aromatic rings. The number of nitrogens with one attached hydrogen (secondary N) is 2. The zero-order chi connectivity index (χ0) is 16.0. The minimum Gasteiger partial charge on any atom is -0.465 e. The van der Waals surface area contributed by atoms with E-state index in [2.05, 4.69) is 14.8 Å². The molecule has 21 heavy (non-hydrogen) atoms. The maximum atomic E-state index is 12.2. The summed E-state index contributed by atoms with van der Waals surface area (Å²) >= 11 is 0. The van der Waals surface area contributed by atoms with E-state index in [9.17, 15) is 18.0 Å². The maximum Gasteiger partial charge on any atom is 0.321 e. The molecule has 0 atom stereocenters. The smallest absolute Gasteiger partial charge is 0.321 e. The lowest BCUT2D eigenvalue weighted by atomic mass is 10.2. The Labute approximate surface area is 123 Å². The molecule has 1 rings (SSSR count). The molecule has 1 amide bonds.